The van der Waals surface area contributed by atoms with Gasteiger partial charge in [0.15, 0.2) is 34.5 Å². The first-order chi connectivity index (χ1) is 58.1. The number of nitrogens with one attached hydrogen (secondary N) is 1. The first kappa shape index (κ1) is 79.1. The summed E-state index contributed by atoms with van der Waals surface area (Å²) in [5.74, 6) is 2.21. The summed E-state index contributed by atoms with van der Waals surface area (Å²) < 4.78 is 78.6. The van der Waals surface area contributed by atoms with Crippen LogP contribution in [0.15, 0.2) is 327 Å². The smallest absolute Gasteiger partial charge is 0.245 e. The van der Waals surface area contributed by atoms with Crippen molar-refractivity contribution in [3.05, 3.63) is 368 Å². The Morgan fingerprint density at radius 3 is 1.02 bits per heavy atom. The zero-order valence-corrected chi connectivity index (χ0v) is 65.2. The third-order valence-electron chi connectivity index (χ3n) is 19.9. The van der Waals surface area contributed by atoms with E-state index in [1.165, 1.54) is 0 Å². The molecule has 0 radical (unpaired) electrons. The average molecular weight is 1570 g/mol. The fourth-order valence-corrected chi connectivity index (χ4v) is 13.8. The highest BCUT2D eigenvalue weighted by atomic mass is 16.5. The van der Waals surface area contributed by atoms with E-state index in [1.54, 1.807) is 60.7 Å². The van der Waals surface area contributed by atoms with E-state index in [0.717, 1.165) is 57.3 Å². The summed E-state index contributed by atoms with van der Waals surface area (Å²) in [5.41, 5.74) is 8.18. The van der Waals surface area contributed by atoms with Gasteiger partial charge in [0, 0.05) is 53.9 Å². The summed E-state index contributed by atoms with van der Waals surface area (Å²) >= 11 is 0. The fourth-order valence-electron chi connectivity index (χ4n) is 13.8. The molecule has 0 unspecified atom stereocenters. The Hall–Kier alpha value is -14.1. The van der Waals surface area contributed by atoms with Crippen LogP contribution in [0.5, 0.6) is 57.5 Å². The molecule has 0 aliphatic heterocycles. The van der Waals surface area contributed by atoms with Crippen LogP contribution in [-0.2, 0) is 62.4 Å². The number of carbonyl (C=O) groups is 2. The standard InChI is InChI=1S/C100H88N2O16/c103-91(47-27-53-107-99-95(105)93-87(115-67-75-41-21-7-22-42-75)57-79(109-61-69-29-9-1-10-30-69)59-89(93)117-97(99)77-49-51-83(111-63-71-33-13-3-14-34-71)85(55-77)113-65-73-37-17-5-18-38-73)101-81-45-25-26-46-82(81)102-92(104)48-28-54-108-100-96(106)94-88(116-68-76-43-23-8-24-44-76)58-80(110-62-70-31-11-2-12-32-70)60-90(94)118-98(100)78-50-52-84(112-64-72-35-15-4-16-36-72)86(56-78)114-66-74-39-19-6-20-40-74/h1-24,29-44,49-52,55-60,81H,25-28,45-48,53-54,61-68H2,(H,101,103)/t81-/m0/s1. The number of nitrogens with zero attached hydrogens (tertiary/aromatic N) is 1. The van der Waals surface area contributed by atoms with Gasteiger partial charge >= 0.3 is 0 Å². The maximum absolute atomic E-state index is 15.5. The molecule has 118 heavy (non-hydrogen) atoms. The average Bonchev–Trinajstić information content (AvgIpc) is 0.759. The number of hydrogen-bond donors (Lipinski definition) is 1. The van der Waals surface area contributed by atoms with Crippen LogP contribution in [0.1, 0.15) is 95.9 Å². The number of hydrogen-bond acceptors (Lipinski definition) is 16. The van der Waals surface area contributed by atoms with Gasteiger partial charge in [0.05, 0.1) is 19.3 Å². The molecule has 2 aromatic heterocycles. The van der Waals surface area contributed by atoms with Crippen molar-refractivity contribution in [1.29, 1.82) is 0 Å². The van der Waals surface area contributed by atoms with Crippen molar-refractivity contribution in [1.82, 2.24) is 5.32 Å². The van der Waals surface area contributed by atoms with E-state index in [2.05, 4.69) is 10.3 Å². The number of rotatable bonds is 37. The maximum atomic E-state index is 15.5. The molecular formula is C100H88N2O16. The van der Waals surface area contributed by atoms with Crippen molar-refractivity contribution >= 4 is 39.5 Å². The number of aliphatic imine (C=N–C) groups is 1. The van der Waals surface area contributed by atoms with Crippen LogP contribution < -0.4 is 63.5 Å². The Labute approximate surface area is 683 Å². The molecule has 1 N–H and O–H groups in total. The van der Waals surface area contributed by atoms with Gasteiger partial charge in [-0.1, -0.05) is 249 Å². The molecule has 594 valence electrons. The summed E-state index contributed by atoms with van der Waals surface area (Å²) in [6, 6.07) is 94.7. The van der Waals surface area contributed by atoms with E-state index in [9.17, 15) is 9.59 Å². The molecule has 1 saturated carbocycles. The molecule has 2 heterocycles. The number of benzene rings is 12. The number of amides is 2. The third-order valence-corrected chi connectivity index (χ3v) is 19.9. The summed E-state index contributed by atoms with van der Waals surface area (Å²) in [6.07, 6.45) is 2.94. The molecule has 0 bridgehead atoms. The zero-order chi connectivity index (χ0) is 80.5. The summed E-state index contributed by atoms with van der Waals surface area (Å²) in [7, 11) is 0. The van der Waals surface area contributed by atoms with Gasteiger partial charge < -0.3 is 61.5 Å². The van der Waals surface area contributed by atoms with E-state index in [0.29, 0.717) is 64.2 Å². The van der Waals surface area contributed by atoms with Gasteiger partial charge in [-0.2, -0.15) is 0 Å². The molecule has 18 heteroatoms. The number of fused-ring (bicyclic) bond motifs is 2. The Kier molecular flexibility index (Phi) is 26.7. The lowest BCUT2D eigenvalue weighted by molar-refractivity contribution is -0.122. The topological polar surface area (TPSA) is 211 Å². The second kappa shape index (κ2) is 39.8. The number of carbonyl (C=O) groups excluding carboxylic acids is 2. The molecule has 1 atom stereocenters. The summed E-state index contributed by atoms with van der Waals surface area (Å²) in [5, 5.41) is 3.41. The fraction of sp³-hybridized carbons (Fsp3) is 0.190. The van der Waals surface area contributed by atoms with Gasteiger partial charge in [0.25, 0.3) is 0 Å². The highest BCUT2D eigenvalue weighted by molar-refractivity contribution is 6.01. The summed E-state index contributed by atoms with van der Waals surface area (Å²) in [4.78, 5) is 63.9. The SMILES string of the molecule is O=C(CCCOc1c(-c2ccc(OCc3ccccc3)c(OCc3ccccc3)c2)oc2cc(OCc3ccccc3)cc(OCc3ccccc3)c2c1=O)N=C1CCCC[C@@H]1NC(=O)CCCOc1c(-c2ccc(OCc3ccccc3)c(OCc3ccccc3)c2)oc2cc(OCc3ccccc3)cc(OCc3ccccc3)c2c1=O. The molecule has 0 saturated heterocycles. The van der Waals surface area contributed by atoms with Gasteiger partial charge in [-0.15, -0.1) is 0 Å². The Bertz CT molecular complexity index is 5840. The van der Waals surface area contributed by atoms with Crippen LogP contribution in [-0.4, -0.2) is 36.8 Å². The predicted octanol–water partition coefficient (Wildman–Crippen LogP) is 20.9. The Morgan fingerprint density at radius 1 is 0.339 bits per heavy atom. The molecule has 15 rings (SSSR count). The molecule has 0 spiro atoms. The quantitative estimate of drug-likeness (QED) is 0.0359. The normalized spacial score (nSPS) is 12.8. The second-order valence-corrected chi connectivity index (χ2v) is 28.6. The maximum Gasteiger partial charge on any atom is 0.245 e. The second-order valence-electron chi connectivity index (χ2n) is 28.6. The van der Waals surface area contributed by atoms with Crippen molar-refractivity contribution < 1.29 is 65.8 Å². The molecule has 18 nitrogen and oxygen atoms in total. The Balaban J connectivity index is 0.669. The minimum atomic E-state index is -0.516. The van der Waals surface area contributed by atoms with Gasteiger partial charge in [-0.25, -0.2) is 4.99 Å². The third kappa shape index (κ3) is 21.2. The molecule has 2 amide bonds. The van der Waals surface area contributed by atoms with Crippen LogP contribution in [0.3, 0.4) is 0 Å². The minimum Gasteiger partial charge on any atom is -0.489 e. The molecule has 1 aliphatic rings. The Morgan fingerprint density at radius 2 is 0.661 bits per heavy atom. The lowest BCUT2D eigenvalue weighted by atomic mass is 9.93. The molecule has 14 aromatic rings. The first-order valence-corrected chi connectivity index (χ1v) is 39.7. The lowest BCUT2D eigenvalue weighted by Crippen LogP contribution is -2.43. The predicted molar refractivity (Wildman–Crippen MR) is 454 cm³/mol. The van der Waals surface area contributed by atoms with E-state index in [-0.39, 0.29) is 154 Å². The van der Waals surface area contributed by atoms with Crippen LogP contribution in [0.25, 0.3) is 44.6 Å². The number of ether oxygens (including phenoxy) is 10. The molecule has 12 aromatic carbocycles. The van der Waals surface area contributed by atoms with Gasteiger partial charge in [-0.05, 0) is 113 Å². The van der Waals surface area contributed by atoms with E-state index in [1.807, 2.05) is 243 Å². The van der Waals surface area contributed by atoms with Crippen LogP contribution >= 0.6 is 0 Å². The van der Waals surface area contributed by atoms with E-state index >= 15 is 9.59 Å². The van der Waals surface area contributed by atoms with Crippen LogP contribution in [0.4, 0.5) is 0 Å². The van der Waals surface area contributed by atoms with Crippen molar-refractivity contribution in [2.45, 2.75) is 110 Å². The zero-order valence-electron chi connectivity index (χ0n) is 65.2. The van der Waals surface area contributed by atoms with Crippen molar-refractivity contribution in [2.24, 2.45) is 4.99 Å². The van der Waals surface area contributed by atoms with Crippen molar-refractivity contribution in [2.75, 3.05) is 13.2 Å². The highest BCUT2D eigenvalue weighted by Gasteiger charge is 2.28. The van der Waals surface area contributed by atoms with E-state index in [4.69, 9.17) is 56.2 Å². The van der Waals surface area contributed by atoms with Gasteiger partial charge in [0.2, 0.25) is 34.2 Å². The summed E-state index contributed by atoms with van der Waals surface area (Å²) in [6.45, 7) is 1.50. The highest BCUT2D eigenvalue weighted by Crippen LogP contribution is 2.44. The minimum absolute atomic E-state index is 0.00455. The van der Waals surface area contributed by atoms with Crippen molar-refractivity contribution in [3.63, 3.8) is 0 Å². The van der Waals surface area contributed by atoms with Crippen LogP contribution in [0, 0.1) is 0 Å². The monoisotopic (exact) mass is 1570 g/mol. The molecule has 1 aliphatic carbocycles. The van der Waals surface area contributed by atoms with Gasteiger partial charge in [0.1, 0.15) is 97.8 Å². The largest absolute Gasteiger partial charge is 0.489 e. The first-order valence-electron chi connectivity index (χ1n) is 39.7. The van der Waals surface area contributed by atoms with E-state index < -0.39 is 22.8 Å². The van der Waals surface area contributed by atoms with Gasteiger partial charge in [-0.3, -0.25) is 19.2 Å². The van der Waals surface area contributed by atoms with Crippen LogP contribution in [0.2, 0.25) is 0 Å². The lowest BCUT2D eigenvalue weighted by Gasteiger charge is -2.25. The molecular weight excluding hydrogens is 1490 g/mol. The van der Waals surface area contributed by atoms with Crippen molar-refractivity contribution in [3.8, 4) is 80.1 Å². The molecule has 1 fully saturated rings.